The third kappa shape index (κ3) is 32.1. The molecule has 0 saturated carbocycles. The van der Waals surface area contributed by atoms with Crippen molar-refractivity contribution in [2.75, 3.05) is 69.8 Å². The first-order chi connectivity index (χ1) is 44.9. The number of aromatic hydroxyl groups is 1. The van der Waals surface area contributed by atoms with Gasteiger partial charge in [0, 0.05) is 26.4 Å². The molecule has 1 aromatic carbocycles. The number of amides is 14. The van der Waals surface area contributed by atoms with E-state index in [4.69, 9.17) is 22.3 Å². The first kappa shape index (κ1) is 82.1. The zero-order chi connectivity index (χ0) is 71.3. The number of carboxylic acids is 1. The van der Waals surface area contributed by atoms with Crippen molar-refractivity contribution < 1.29 is 82.1 Å². The van der Waals surface area contributed by atoms with Gasteiger partial charge in [-0.2, -0.15) is 23.5 Å². The van der Waals surface area contributed by atoms with Crippen molar-refractivity contribution in [1.82, 2.24) is 74.0 Å². The molecule has 1 heterocycles. The summed E-state index contributed by atoms with van der Waals surface area (Å²) < 4.78 is 0. The molecule has 0 spiro atoms. The maximum Gasteiger partial charge on any atom is 0.322 e. The maximum atomic E-state index is 13.8. The zero-order valence-corrected chi connectivity index (χ0v) is 56.1. The van der Waals surface area contributed by atoms with Crippen LogP contribution in [0.25, 0.3) is 0 Å². The number of benzene rings is 1. The van der Waals surface area contributed by atoms with Gasteiger partial charge in [0.2, 0.25) is 82.7 Å². The smallest absolute Gasteiger partial charge is 0.322 e. The van der Waals surface area contributed by atoms with Crippen LogP contribution in [0.15, 0.2) is 29.3 Å². The fraction of sp³-hybridized carbons (Fsp3) is 0.621. The number of nitrogens with zero attached hydrogens (tertiary/aromatic N) is 2. The van der Waals surface area contributed by atoms with E-state index < -0.39 is 175 Å². The average molecular weight is 1380 g/mol. The van der Waals surface area contributed by atoms with E-state index in [2.05, 4.69) is 74.1 Å². The molecule has 0 unspecified atom stereocenters. The number of phenolic OH excluding ortho intramolecular Hbond substituents is 1. The van der Waals surface area contributed by atoms with Gasteiger partial charge in [0.15, 0.2) is 5.96 Å². The third-order valence-corrected chi connectivity index (χ3v) is 15.6. The lowest BCUT2D eigenvalue weighted by Crippen LogP contribution is -2.58. The molecule has 0 bridgehead atoms. The van der Waals surface area contributed by atoms with Gasteiger partial charge in [-0.15, -0.1) is 0 Å². The van der Waals surface area contributed by atoms with Gasteiger partial charge in [0.25, 0.3) is 0 Å². The van der Waals surface area contributed by atoms with Gasteiger partial charge >= 0.3 is 5.97 Å². The Labute approximate surface area is 558 Å². The Morgan fingerprint density at radius 1 is 0.537 bits per heavy atom. The predicted molar refractivity (Wildman–Crippen MR) is 351 cm³/mol. The number of nitrogens with one attached hydrogen (secondary N) is 13. The molecule has 1 aliphatic rings. The summed E-state index contributed by atoms with van der Waals surface area (Å²) in [5.41, 5.74) is 16.8. The highest BCUT2D eigenvalue weighted by atomic mass is 32.2. The van der Waals surface area contributed by atoms with E-state index in [1.807, 2.05) is 0 Å². The molecule has 10 atom stereocenters. The SMILES string of the molecule is CSCC[C@H](NC(=O)CNC(=O)CNC(=O)[C@H](Cc1ccc(O)cc1)NC(=O)[C@H](CCCCN)NC(C)=O)C(=O)N[C@@H](C)C(=O)N[C@@H](C)C(=O)NCC(=O)N1CCC[C@H]1C(=O)N[C@@H](CCSC)C(=O)N[C@@H](C)C(=O)N[C@@H](C)C(=O)N[C@@H](CCCN=C(N)N)C(=O)NCC(=O)O. The molecule has 0 aliphatic carbocycles. The molecule has 1 saturated heterocycles. The van der Waals surface area contributed by atoms with E-state index in [-0.39, 0.29) is 69.7 Å². The number of aliphatic carboxylic acids is 1. The Hall–Kier alpha value is -9.00. The topological polar surface area (TPSA) is 547 Å². The third-order valence-electron chi connectivity index (χ3n) is 14.3. The van der Waals surface area contributed by atoms with Crippen LogP contribution in [0, 0.1) is 0 Å². The summed E-state index contributed by atoms with van der Waals surface area (Å²) in [7, 11) is 0. The highest BCUT2D eigenvalue weighted by molar-refractivity contribution is 7.98. The molecule has 1 aliphatic heterocycles. The Kier molecular flexibility index (Phi) is 37.9. The molecule has 95 heavy (non-hydrogen) atoms. The molecule has 35 nitrogen and oxygen atoms in total. The highest BCUT2D eigenvalue weighted by Gasteiger charge is 2.37. The average Bonchev–Trinajstić information content (AvgIpc) is 3.34. The number of unbranched alkanes of at least 4 members (excludes halogenated alkanes) is 1. The number of phenols is 1. The van der Waals surface area contributed by atoms with Crippen molar-refractivity contribution in [2.45, 2.75) is 159 Å². The molecule has 21 N–H and O–H groups in total. The number of rotatable bonds is 43. The number of aliphatic imine (C=N–C) groups is 1. The molecule has 1 aromatic rings. The second kappa shape index (κ2) is 43.8. The quantitative estimate of drug-likeness (QED) is 0.0164. The lowest BCUT2D eigenvalue weighted by molar-refractivity contribution is -0.140. The van der Waals surface area contributed by atoms with Crippen molar-refractivity contribution in [3.8, 4) is 5.75 Å². The largest absolute Gasteiger partial charge is 0.508 e. The number of likely N-dealkylation sites (tertiary alicyclic amines) is 1. The van der Waals surface area contributed by atoms with Gasteiger partial charge in [0.05, 0.1) is 19.6 Å². The van der Waals surface area contributed by atoms with Crippen LogP contribution in [0.3, 0.4) is 0 Å². The van der Waals surface area contributed by atoms with Crippen LogP contribution in [0.4, 0.5) is 0 Å². The van der Waals surface area contributed by atoms with Crippen LogP contribution in [-0.2, 0) is 78.3 Å². The molecule has 14 amide bonds. The van der Waals surface area contributed by atoms with Crippen LogP contribution in [0.1, 0.15) is 98.0 Å². The lowest BCUT2D eigenvalue weighted by atomic mass is 10.0. The second-order valence-electron chi connectivity index (χ2n) is 22.2. The van der Waals surface area contributed by atoms with Crippen LogP contribution in [0.2, 0.25) is 0 Å². The van der Waals surface area contributed by atoms with E-state index >= 15 is 0 Å². The highest BCUT2D eigenvalue weighted by Crippen LogP contribution is 2.19. The van der Waals surface area contributed by atoms with E-state index in [0.29, 0.717) is 42.9 Å². The lowest BCUT2D eigenvalue weighted by Gasteiger charge is -2.27. The summed E-state index contributed by atoms with van der Waals surface area (Å²) in [5.74, 6) is -11.3. The standard InChI is InChI=1S/C58H94N18O17S2/c1-31(67-49(85)32(2)69-54(90)40(19-24-94-6)72-45(80)28-63-44(79)27-64-53(89)42(26-36-15-17-37(78)18-16-36)75-56(92)39(71-35(5)77)12-8-9-21-59)48(84)65-29-46(81)76-23-11-14-43(76)57(93)74-41(20-25-95-7)55(91)70-33(3)50(86)68-34(4)51(87)73-38(13-10-22-62-58(60)61)52(88)66-30-47(82)83/h15-18,31-34,38-43,78H,8-14,19-30,59H2,1-7H3,(H,63,79)(H,64,89)(H,65,84)(H,66,88)(H,67,85)(H,68,86)(H,69,90)(H,70,91)(H,71,77)(H,72,80)(H,73,87)(H,74,93)(H,75,92)(H,82,83)(H4,60,61,62)/t31-,32-,33-,34-,38-,39-,40-,41-,42-,43-/m0/s1. The van der Waals surface area contributed by atoms with Crippen LogP contribution in [-0.4, -0.2) is 240 Å². The van der Waals surface area contributed by atoms with Crippen molar-refractivity contribution in [3.63, 3.8) is 0 Å². The Morgan fingerprint density at radius 2 is 1.00 bits per heavy atom. The number of carboxylic acid groups (broad SMARTS) is 1. The van der Waals surface area contributed by atoms with E-state index in [1.165, 1.54) is 87.3 Å². The zero-order valence-electron chi connectivity index (χ0n) is 54.5. The number of carbonyl (C=O) groups excluding carboxylic acids is 14. The van der Waals surface area contributed by atoms with Crippen molar-refractivity contribution >= 4 is 118 Å². The maximum absolute atomic E-state index is 13.8. The van der Waals surface area contributed by atoms with Gasteiger partial charge in [0.1, 0.15) is 72.7 Å². The Bertz CT molecular complexity index is 2850. The Morgan fingerprint density at radius 3 is 1.55 bits per heavy atom. The number of thioether (sulfide) groups is 2. The first-order valence-corrected chi connectivity index (χ1v) is 33.5. The minimum Gasteiger partial charge on any atom is -0.508 e. The van der Waals surface area contributed by atoms with Gasteiger partial charge in [-0.05, 0) is 134 Å². The molecule has 530 valence electrons. The molecule has 1 fully saturated rings. The van der Waals surface area contributed by atoms with Crippen molar-refractivity contribution in [2.24, 2.45) is 22.2 Å². The molecular weight excluding hydrogens is 1280 g/mol. The number of carbonyl (C=O) groups is 15. The minimum atomic E-state index is -1.32. The van der Waals surface area contributed by atoms with Crippen molar-refractivity contribution in [3.05, 3.63) is 29.8 Å². The fourth-order valence-corrected chi connectivity index (χ4v) is 10.0. The van der Waals surface area contributed by atoms with Crippen molar-refractivity contribution in [1.29, 1.82) is 0 Å². The number of guanidine groups is 1. The number of hydrogen-bond acceptors (Lipinski definition) is 20. The number of hydrogen-bond donors (Lipinski definition) is 18. The molecule has 37 heteroatoms. The molecule has 2 rings (SSSR count). The summed E-state index contributed by atoms with van der Waals surface area (Å²) >= 11 is 2.72. The molecule has 0 aromatic heterocycles. The Balaban J connectivity index is 1.97. The van der Waals surface area contributed by atoms with Gasteiger partial charge in [-0.1, -0.05) is 12.1 Å². The number of nitrogens with two attached hydrogens (primary N) is 3. The summed E-state index contributed by atoms with van der Waals surface area (Å²) in [5, 5.41) is 50.9. The van der Waals surface area contributed by atoms with E-state index in [1.54, 1.807) is 12.5 Å². The van der Waals surface area contributed by atoms with Crippen LogP contribution >= 0.6 is 23.5 Å². The summed E-state index contributed by atoms with van der Waals surface area (Å²) in [4.78, 5) is 201. The fourth-order valence-electron chi connectivity index (χ4n) is 9.09. The van der Waals surface area contributed by atoms with Gasteiger partial charge < -0.3 is 101 Å². The van der Waals surface area contributed by atoms with Crippen LogP contribution in [0.5, 0.6) is 5.75 Å². The van der Waals surface area contributed by atoms with E-state index in [9.17, 15) is 77.0 Å². The van der Waals surface area contributed by atoms with Gasteiger partial charge in [-0.3, -0.25) is 76.9 Å². The predicted octanol–water partition coefficient (Wildman–Crippen LogP) is -6.37. The summed E-state index contributed by atoms with van der Waals surface area (Å²) in [6.07, 6.45) is 5.78. The second-order valence-corrected chi connectivity index (χ2v) is 24.2. The molecule has 0 radical (unpaired) electrons. The van der Waals surface area contributed by atoms with Gasteiger partial charge in [-0.25, -0.2) is 0 Å². The van der Waals surface area contributed by atoms with Crippen LogP contribution < -0.4 is 86.3 Å². The van der Waals surface area contributed by atoms with E-state index in [0.717, 1.165) is 0 Å². The summed E-state index contributed by atoms with van der Waals surface area (Å²) in [6, 6.07) is -6.11. The first-order valence-electron chi connectivity index (χ1n) is 30.7. The molecular formula is C58H94N18O17S2. The normalized spacial score (nSPS) is 15.2. The minimum absolute atomic E-state index is 0.00325. The monoisotopic (exact) mass is 1380 g/mol. The summed E-state index contributed by atoms with van der Waals surface area (Å²) in [6.45, 7) is 4.51.